The summed E-state index contributed by atoms with van der Waals surface area (Å²) in [6, 6.07) is 3.75. The molecule has 0 radical (unpaired) electrons. The van der Waals surface area contributed by atoms with Gasteiger partial charge in [0.05, 0.1) is 6.26 Å². The van der Waals surface area contributed by atoms with Gasteiger partial charge in [-0.1, -0.05) is 0 Å². The van der Waals surface area contributed by atoms with Crippen LogP contribution in [0.25, 0.3) is 0 Å². The van der Waals surface area contributed by atoms with E-state index in [1.54, 1.807) is 6.26 Å². The van der Waals surface area contributed by atoms with E-state index in [1.165, 1.54) is 0 Å². The lowest BCUT2D eigenvalue weighted by Crippen LogP contribution is -1.88. The third kappa shape index (κ3) is 3.28. The lowest BCUT2D eigenvalue weighted by atomic mass is 10.2. The van der Waals surface area contributed by atoms with E-state index in [-0.39, 0.29) is 5.12 Å². The van der Waals surface area contributed by atoms with Crippen LogP contribution < -0.4 is 0 Å². The molecule has 0 fully saturated rings. The van der Waals surface area contributed by atoms with E-state index in [4.69, 9.17) is 4.42 Å². The summed E-state index contributed by atoms with van der Waals surface area (Å²) in [6.07, 6.45) is 3.79. The van der Waals surface area contributed by atoms with Crippen molar-refractivity contribution >= 4 is 17.7 Å². The summed E-state index contributed by atoms with van der Waals surface area (Å²) < 4.78 is 5.08. The molecular weight excluding hydrogens is 160 g/mol. The molecule has 0 atom stereocenters. The largest absolute Gasteiger partial charge is 0.469 e. The average Bonchev–Trinajstić information content (AvgIpc) is 2.39. The van der Waals surface area contributed by atoms with Crippen LogP contribution in [0.15, 0.2) is 22.8 Å². The molecule has 1 heterocycles. The Hall–Kier alpha value is -0.700. The summed E-state index contributed by atoms with van der Waals surface area (Å²) in [5.74, 6) is 0.930. The summed E-state index contributed by atoms with van der Waals surface area (Å²) in [6.45, 7) is 0. The summed E-state index contributed by atoms with van der Waals surface area (Å²) in [5.41, 5.74) is 0. The monoisotopic (exact) mass is 170 g/mol. The second-order valence-electron chi connectivity index (χ2n) is 2.33. The minimum Gasteiger partial charge on any atom is -0.469 e. The van der Waals surface area contributed by atoms with Crippen LogP contribution in [0.1, 0.15) is 18.6 Å². The predicted octanol–water partition coefficient (Wildman–Crippen LogP) is 2.06. The van der Waals surface area contributed by atoms with E-state index in [2.05, 4.69) is 12.6 Å². The molecule has 0 N–H and O–H groups in total. The molecule has 3 heteroatoms. The number of carbonyl (C=O) groups is 1. The molecule has 0 amide bonds. The van der Waals surface area contributed by atoms with Gasteiger partial charge in [-0.3, -0.25) is 4.79 Å². The number of aryl methyl sites for hydroxylation is 1. The lowest BCUT2D eigenvalue weighted by Gasteiger charge is -1.92. The minimum absolute atomic E-state index is 0.0587. The molecule has 11 heavy (non-hydrogen) atoms. The van der Waals surface area contributed by atoms with Gasteiger partial charge in [-0.15, -0.1) is 12.6 Å². The van der Waals surface area contributed by atoms with Crippen LogP contribution in [0.4, 0.5) is 0 Å². The Bertz CT molecular complexity index is 216. The zero-order valence-electron chi connectivity index (χ0n) is 6.12. The molecule has 0 spiro atoms. The van der Waals surface area contributed by atoms with Crippen LogP contribution in [0.5, 0.6) is 0 Å². The smallest absolute Gasteiger partial charge is 0.185 e. The molecule has 60 valence electrons. The van der Waals surface area contributed by atoms with Crippen LogP contribution in [0, 0.1) is 0 Å². The van der Waals surface area contributed by atoms with Crippen molar-refractivity contribution < 1.29 is 9.21 Å². The first-order valence-corrected chi connectivity index (χ1v) is 3.98. The Morgan fingerprint density at radius 1 is 1.64 bits per heavy atom. The van der Waals surface area contributed by atoms with Gasteiger partial charge in [0.2, 0.25) is 0 Å². The van der Waals surface area contributed by atoms with Crippen LogP contribution >= 0.6 is 12.6 Å². The highest BCUT2D eigenvalue weighted by atomic mass is 32.1. The molecule has 0 saturated heterocycles. The van der Waals surface area contributed by atoms with Gasteiger partial charge in [-0.25, -0.2) is 0 Å². The second-order valence-corrected chi connectivity index (χ2v) is 2.83. The Morgan fingerprint density at radius 3 is 3.00 bits per heavy atom. The molecule has 0 aromatic carbocycles. The van der Waals surface area contributed by atoms with Crippen molar-refractivity contribution in [1.29, 1.82) is 0 Å². The number of rotatable bonds is 4. The summed E-state index contributed by atoms with van der Waals surface area (Å²) in [7, 11) is 0. The molecule has 0 bridgehead atoms. The van der Waals surface area contributed by atoms with Crippen LogP contribution in [0.2, 0.25) is 0 Å². The standard InChI is InChI=1S/C8H10O2S/c9-8(11)5-1-3-7-4-2-6-10-7/h2,4,6H,1,3,5H2,(H,9,11). The molecule has 1 aromatic rings. The highest BCUT2D eigenvalue weighted by Gasteiger charge is 1.97. The van der Waals surface area contributed by atoms with Gasteiger partial charge >= 0.3 is 0 Å². The Labute approximate surface area is 71.0 Å². The maximum absolute atomic E-state index is 10.4. The maximum atomic E-state index is 10.4. The first-order chi connectivity index (χ1) is 5.29. The van der Waals surface area contributed by atoms with Crippen molar-refractivity contribution in [3.05, 3.63) is 24.2 Å². The van der Waals surface area contributed by atoms with Gasteiger partial charge in [0, 0.05) is 12.8 Å². The van der Waals surface area contributed by atoms with Gasteiger partial charge in [0.1, 0.15) is 5.76 Å². The van der Waals surface area contributed by atoms with Gasteiger partial charge in [0.15, 0.2) is 5.12 Å². The number of furan rings is 1. The van der Waals surface area contributed by atoms with Gasteiger partial charge in [0.25, 0.3) is 0 Å². The van der Waals surface area contributed by atoms with E-state index in [9.17, 15) is 4.79 Å². The molecule has 0 saturated carbocycles. The minimum atomic E-state index is -0.0587. The number of hydrogen-bond donors (Lipinski definition) is 1. The highest BCUT2D eigenvalue weighted by Crippen LogP contribution is 2.06. The first-order valence-electron chi connectivity index (χ1n) is 3.53. The topological polar surface area (TPSA) is 30.2 Å². The Kier molecular flexibility index (Phi) is 3.23. The van der Waals surface area contributed by atoms with Crippen LogP contribution in [-0.2, 0) is 11.2 Å². The van der Waals surface area contributed by atoms with E-state index in [0.29, 0.717) is 6.42 Å². The first kappa shape index (κ1) is 8.40. The zero-order chi connectivity index (χ0) is 8.10. The van der Waals surface area contributed by atoms with Crippen LogP contribution in [-0.4, -0.2) is 5.12 Å². The molecule has 2 nitrogen and oxygen atoms in total. The molecule has 0 aliphatic heterocycles. The summed E-state index contributed by atoms with van der Waals surface area (Å²) in [4.78, 5) is 10.4. The fraction of sp³-hybridized carbons (Fsp3) is 0.375. The van der Waals surface area contributed by atoms with Gasteiger partial charge < -0.3 is 4.42 Å². The molecule has 1 aromatic heterocycles. The third-order valence-electron chi connectivity index (χ3n) is 1.39. The van der Waals surface area contributed by atoms with Gasteiger partial charge in [-0.05, 0) is 18.6 Å². The molecule has 1 rings (SSSR count). The predicted molar refractivity (Wildman–Crippen MR) is 45.6 cm³/mol. The second kappa shape index (κ2) is 4.23. The zero-order valence-corrected chi connectivity index (χ0v) is 7.01. The lowest BCUT2D eigenvalue weighted by molar-refractivity contribution is -0.110. The summed E-state index contributed by atoms with van der Waals surface area (Å²) >= 11 is 3.66. The van der Waals surface area contributed by atoms with Crippen molar-refractivity contribution in [1.82, 2.24) is 0 Å². The van der Waals surface area contributed by atoms with Crippen molar-refractivity contribution in [2.24, 2.45) is 0 Å². The number of carbonyl (C=O) groups excluding carboxylic acids is 1. The highest BCUT2D eigenvalue weighted by molar-refractivity contribution is 7.96. The molecule has 0 aliphatic rings. The normalized spacial score (nSPS) is 9.91. The SMILES string of the molecule is O=C(S)CCCc1ccco1. The third-order valence-corrected chi connectivity index (χ3v) is 1.62. The van der Waals surface area contributed by atoms with Crippen LogP contribution in [0.3, 0.4) is 0 Å². The van der Waals surface area contributed by atoms with Crippen molar-refractivity contribution in [2.75, 3.05) is 0 Å². The van der Waals surface area contributed by atoms with E-state index >= 15 is 0 Å². The van der Waals surface area contributed by atoms with E-state index in [1.807, 2.05) is 12.1 Å². The summed E-state index contributed by atoms with van der Waals surface area (Å²) in [5, 5.41) is -0.0587. The number of hydrogen-bond acceptors (Lipinski definition) is 2. The van der Waals surface area contributed by atoms with Gasteiger partial charge in [-0.2, -0.15) is 0 Å². The molecule has 0 aliphatic carbocycles. The van der Waals surface area contributed by atoms with Crippen molar-refractivity contribution in [3.63, 3.8) is 0 Å². The number of thiol groups is 1. The van der Waals surface area contributed by atoms with E-state index in [0.717, 1.165) is 18.6 Å². The Morgan fingerprint density at radius 2 is 2.45 bits per heavy atom. The molecule has 0 unspecified atom stereocenters. The molecular formula is C8H10O2S. The van der Waals surface area contributed by atoms with Crippen molar-refractivity contribution in [2.45, 2.75) is 19.3 Å². The quantitative estimate of drug-likeness (QED) is 0.701. The fourth-order valence-electron chi connectivity index (χ4n) is 0.869. The average molecular weight is 170 g/mol. The van der Waals surface area contributed by atoms with E-state index < -0.39 is 0 Å². The maximum Gasteiger partial charge on any atom is 0.185 e. The fourth-order valence-corrected chi connectivity index (χ4v) is 1.03. The Balaban J connectivity index is 2.19. The van der Waals surface area contributed by atoms with Crippen molar-refractivity contribution in [3.8, 4) is 0 Å².